The lowest BCUT2D eigenvalue weighted by atomic mass is 10.1. The van der Waals surface area contributed by atoms with Gasteiger partial charge in [0.2, 0.25) is 11.8 Å². The molecule has 1 aliphatic rings. The van der Waals surface area contributed by atoms with Gasteiger partial charge in [-0.2, -0.15) is 0 Å². The lowest BCUT2D eigenvalue weighted by Gasteiger charge is -2.21. The van der Waals surface area contributed by atoms with Gasteiger partial charge in [-0.05, 0) is 49.2 Å². The van der Waals surface area contributed by atoms with Crippen molar-refractivity contribution in [3.8, 4) is 0 Å². The third-order valence-corrected chi connectivity index (χ3v) is 6.91. The first-order valence-corrected chi connectivity index (χ1v) is 11.9. The minimum Gasteiger partial charge on any atom is -0.337 e. The fraction of sp³-hybridized carbons (Fsp3) is 0.240. The number of anilines is 2. The summed E-state index contributed by atoms with van der Waals surface area (Å²) in [5.41, 5.74) is 2.93. The van der Waals surface area contributed by atoms with E-state index in [-0.39, 0.29) is 43.0 Å². The molecule has 2 aromatic carbocycles. The van der Waals surface area contributed by atoms with Crippen molar-refractivity contribution in [1.29, 1.82) is 0 Å². The highest BCUT2D eigenvalue weighted by Gasteiger charge is 2.30. The van der Waals surface area contributed by atoms with Gasteiger partial charge in [0, 0.05) is 43.9 Å². The zero-order valence-corrected chi connectivity index (χ0v) is 20.7. The van der Waals surface area contributed by atoms with E-state index in [0.29, 0.717) is 22.9 Å². The molecule has 0 aliphatic carbocycles. The fourth-order valence-electron chi connectivity index (χ4n) is 4.08. The molecule has 0 unspecified atom stereocenters. The third-order valence-electron chi connectivity index (χ3n) is 5.87. The zero-order chi connectivity index (χ0) is 23.7. The number of halogens is 1. The molecule has 1 fully saturated rings. The molecule has 3 heterocycles. The maximum atomic E-state index is 13.6. The second-order valence-corrected chi connectivity index (χ2v) is 9.21. The highest BCUT2D eigenvalue weighted by atomic mass is 35.5. The van der Waals surface area contributed by atoms with E-state index < -0.39 is 0 Å². The molecule has 5 rings (SSSR count). The Morgan fingerprint density at radius 1 is 1.09 bits per heavy atom. The van der Waals surface area contributed by atoms with Crippen molar-refractivity contribution in [2.45, 2.75) is 32.7 Å². The number of hydrogen-bond acceptors (Lipinski definition) is 6. The molecule has 0 radical (unpaired) electrons. The summed E-state index contributed by atoms with van der Waals surface area (Å²) in [4.78, 5) is 49.4. The lowest BCUT2D eigenvalue weighted by Crippen LogP contribution is -2.32. The number of rotatable bonds is 7. The molecular weight excluding hydrogens is 486 g/mol. The first-order valence-electron chi connectivity index (χ1n) is 11.1. The Hall–Kier alpha value is -3.56. The van der Waals surface area contributed by atoms with Crippen molar-refractivity contribution in [3.05, 3.63) is 72.3 Å². The largest absolute Gasteiger partial charge is 0.337 e. The van der Waals surface area contributed by atoms with E-state index in [2.05, 4.69) is 4.98 Å². The number of nitrogens with zero attached hydrogens (tertiary/aromatic N) is 5. The Bertz CT molecular complexity index is 1350. The highest BCUT2D eigenvalue weighted by Crippen LogP contribution is 2.32. The van der Waals surface area contributed by atoms with Gasteiger partial charge in [-0.1, -0.05) is 23.5 Å². The highest BCUT2D eigenvalue weighted by molar-refractivity contribution is 7.22. The Balaban J connectivity index is 0.00000289. The van der Waals surface area contributed by atoms with Crippen LogP contribution in [0.5, 0.6) is 0 Å². The number of benzene rings is 2. The summed E-state index contributed by atoms with van der Waals surface area (Å²) in [5, 5.41) is 0.647. The van der Waals surface area contributed by atoms with Gasteiger partial charge in [-0.25, -0.2) is 9.97 Å². The number of hydrogen-bond donors (Lipinski definition) is 0. The average molecular weight is 510 g/mol. The number of thiazole rings is 1. The number of amides is 3. The van der Waals surface area contributed by atoms with Gasteiger partial charge in [-0.3, -0.25) is 24.2 Å². The number of para-hydroxylation sites is 1. The smallest absolute Gasteiger partial charge is 0.260 e. The monoisotopic (exact) mass is 509 g/mol. The first-order chi connectivity index (χ1) is 16.5. The Morgan fingerprint density at radius 3 is 2.49 bits per heavy atom. The van der Waals surface area contributed by atoms with Crippen LogP contribution in [0.1, 0.15) is 35.2 Å². The van der Waals surface area contributed by atoms with Gasteiger partial charge < -0.3 is 4.57 Å². The van der Waals surface area contributed by atoms with Crippen LogP contribution in [-0.4, -0.2) is 38.8 Å². The number of aryl methyl sites for hydroxylation is 2. The molecule has 0 saturated carbocycles. The number of carbonyl (C=O) groups is 3. The Labute approximate surface area is 212 Å². The molecule has 0 atom stereocenters. The molecule has 1 aliphatic heterocycles. The summed E-state index contributed by atoms with van der Waals surface area (Å²) in [6.45, 7) is 3.23. The van der Waals surface area contributed by atoms with E-state index in [1.807, 2.05) is 35.9 Å². The van der Waals surface area contributed by atoms with E-state index in [4.69, 9.17) is 4.98 Å². The average Bonchev–Trinajstić information content (AvgIpc) is 3.58. The predicted octanol–water partition coefficient (Wildman–Crippen LogP) is 4.61. The van der Waals surface area contributed by atoms with E-state index in [1.54, 1.807) is 41.7 Å². The van der Waals surface area contributed by atoms with Gasteiger partial charge in [0.05, 0.1) is 22.2 Å². The second-order valence-electron chi connectivity index (χ2n) is 8.20. The van der Waals surface area contributed by atoms with E-state index in [1.165, 1.54) is 16.2 Å². The van der Waals surface area contributed by atoms with Crippen LogP contribution in [0.3, 0.4) is 0 Å². The molecule has 3 amide bonds. The molecule has 10 heteroatoms. The van der Waals surface area contributed by atoms with Gasteiger partial charge in [0.1, 0.15) is 0 Å². The van der Waals surface area contributed by atoms with Crippen molar-refractivity contribution < 1.29 is 14.4 Å². The molecule has 1 saturated heterocycles. The molecule has 0 bridgehead atoms. The summed E-state index contributed by atoms with van der Waals surface area (Å²) in [6, 6.07) is 12.6. The van der Waals surface area contributed by atoms with Gasteiger partial charge in [0.15, 0.2) is 5.13 Å². The SMILES string of the molecule is Cc1cccc2sc(N(CCCn3ccnc3)C(=O)c3ccc(N4C(=O)CCC4=O)cc3)nc12.Cl. The third kappa shape index (κ3) is 4.96. The summed E-state index contributed by atoms with van der Waals surface area (Å²) in [6.07, 6.45) is 6.56. The minimum absolute atomic E-state index is 0. The normalized spacial score (nSPS) is 13.3. The summed E-state index contributed by atoms with van der Waals surface area (Å²) in [7, 11) is 0. The summed E-state index contributed by atoms with van der Waals surface area (Å²) in [5.74, 6) is -0.599. The van der Waals surface area contributed by atoms with E-state index >= 15 is 0 Å². The molecular formula is C25H24ClN5O3S. The van der Waals surface area contributed by atoms with Gasteiger partial charge in [0.25, 0.3) is 5.91 Å². The van der Waals surface area contributed by atoms with E-state index in [9.17, 15) is 14.4 Å². The quantitative estimate of drug-likeness (QED) is 0.339. The topological polar surface area (TPSA) is 88.4 Å². The minimum atomic E-state index is -0.213. The summed E-state index contributed by atoms with van der Waals surface area (Å²) >= 11 is 1.49. The second kappa shape index (κ2) is 10.4. The Kier molecular flexibility index (Phi) is 7.28. The molecule has 8 nitrogen and oxygen atoms in total. The fourth-order valence-corrected chi connectivity index (χ4v) is 5.15. The van der Waals surface area contributed by atoms with Crippen LogP contribution in [0, 0.1) is 6.92 Å². The van der Waals surface area contributed by atoms with Gasteiger partial charge in [-0.15, -0.1) is 12.4 Å². The maximum absolute atomic E-state index is 13.6. The maximum Gasteiger partial charge on any atom is 0.260 e. The first kappa shape index (κ1) is 24.6. The number of fused-ring (bicyclic) bond motifs is 1. The standard InChI is InChI=1S/C25H23N5O3S.ClH/c1-17-4-2-5-20-23(17)27-25(34-20)29(14-3-13-28-15-12-26-16-28)24(33)18-6-8-19(9-7-18)30-21(31)10-11-22(30)32;/h2,4-9,12,15-16H,3,10-11,13-14H2,1H3;1H. The van der Waals surface area contributed by atoms with Crippen molar-refractivity contribution in [2.24, 2.45) is 0 Å². The van der Waals surface area contributed by atoms with Crippen LogP contribution in [-0.2, 0) is 16.1 Å². The Morgan fingerprint density at radius 2 is 1.83 bits per heavy atom. The molecule has 4 aromatic rings. The van der Waals surface area contributed by atoms with Crippen LogP contribution >= 0.6 is 23.7 Å². The van der Waals surface area contributed by atoms with Crippen molar-refractivity contribution in [1.82, 2.24) is 14.5 Å². The lowest BCUT2D eigenvalue weighted by molar-refractivity contribution is -0.121. The number of carbonyl (C=O) groups excluding carboxylic acids is 3. The molecule has 0 N–H and O–H groups in total. The molecule has 0 spiro atoms. The van der Waals surface area contributed by atoms with Crippen LogP contribution in [0.2, 0.25) is 0 Å². The van der Waals surface area contributed by atoms with Gasteiger partial charge >= 0.3 is 0 Å². The molecule has 35 heavy (non-hydrogen) atoms. The number of imide groups is 1. The van der Waals surface area contributed by atoms with Crippen LogP contribution in [0.4, 0.5) is 10.8 Å². The predicted molar refractivity (Wildman–Crippen MR) is 138 cm³/mol. The van der Waals surface area contributed by atoms with Crippen molar-refractivity contribution in [3.63, 3.8) is 0 Å². The number of aromatic nitrogens is 3. The summed E-state index contributed by atoms with van der Waals surface area (Å²) < 4.78 is 3.01. The van der Waals surface area contributed by atoms with Crippen LogP contribution < -0.4 is 9.80 Å². The van der Waals surface area contributed by atoms with Crippen molar-refractivity contribution >= 4 is 62.5 Å². The molecule has 180 valence electrons. The van der Waals surface area contributed by atoms with Crippen molar-refractivity contribution in [2.75, 3.05) is 16.3 Å². The van der Waals surface area contributed by atoms with Crippen LogP contribution in [0.15, 0.2) is 61.2 Å². The molecule has 2 aromatic heterocycles. The number of imidazole rings is 1. The van der Waals surface area contributed by atoms with E-state index in [0.717, 1.165) is 28.7 Å². The van der Waals surface area contributed by atoms with Crippen LogP contribution in [0.25, 0.3) is 10.2 Å². The zero-order valence-electron chi connectivity index (χ0n) is 19.1.